The van der Waals surface area contributed by atoms with E-state index in [4.69, 9.17) is 5.73 Å². The Labute approximate surface area is 81.2 Å². The van der Waals surface area contributed by atoms with Crippen LogP contribution in [0.25, 0.3) is 0 Å². The number of rotatable bonds is 3. The molecule has 78 valence electrons. The third-order valence-electron chi connectivity index (χ3n) is 1.97. The zero-order valence-electron chi connectivity index (χ0n) is 7.81. The highest BCUT2D eigenvalue weighted by atomic mass is 19.1. The summed E-state index contributed by atoms with van der Waals surface area (Å²) in [7, 11) is 0. The highest BCUT2D eigenvalue weighted by Crippen LogP contribution is 2.18. The molecule has 14 heavy (non-hydrogen) atoms. The lowest BCUT2D eigenvalue weighted by Crippen LogP contribution is -2.28. The predicted octanol–water partition coefficient (Wildman–Crippen LogP) is -0.118. The molecule has 1 rings (SSSR count). The highest BCUT2D eigenvalue weighted by molar-refractivity contribution is 5.21. The van der Waals surface area contributed by atoms with Crippen molar-refractivity contribution in [2.24, 2.45) is 5.73 Å². The highest BCUT2D eigenvalue weighted by Gasteiger charge is 2.20. The number of nitrogens with two attached hydrogens (primary N) is 1. The van der Waals surface area contributed by atoms with E-state index in [1.807, 2.05) is 0 Å². The molecule has 0 spiro atoms. The zero-order valence-corrected chi connectivity index (χ0v) is 7.81. The van der Waals surface area contributed by atoms with Crippen molar-refractivity contribution in [3.8, 4) is 0 Å². The Bertz CT molecular complexity index is 320. The van der Waals surface area contributed by atoms with Crippen LogP contribution in [0.15, 0.2) is 12.3 Å². The summed E-state index contributed by atoms with van der Waals surface area (Å²) in [5.41, 5.74) is 5.92. The van der Waals surface area contributed by atoms with E-state index in [9.17, 15) is 14.6 Å². The normalized spacial score (nSPS) is 15.2. The summed E-state index contributed by atoms with van der Waals surface area (Å²) in [5.74, 6) is -0.472. The van der Waals surface area contributed by atoms with Gasteiger partial charge >= 0.3 is 0 Å². The molecular weight excluding hydrogens is 187 g/mol. The topological polar surface area (TPSA) is 79.4 Å². The van der Waals surface area contributed by atoms with E-state index in [0.717, 1.165) is 6.20 Å². The Morgan fingerprint density at radius 1 is 1.57 bits per heavy atom. The molecule has 2 atom stereocenters. The van der Waals surface area contributed by atoms with E-state index in [1.54, 1.807) is 6.92 Å². The van der Waals surface area contributed by atoms with Crippen molar-refractivity contribution in [1.82, 2.24) is 4.98 Å². The molecule has 0 saturated carbocycles. The van der Waals surface area contributed by atoms with Gasteiger partial charge in [0.1, 0.15) is 11.9 Å². The first-order valence-corrected chi connectivity index (χ1v) is 4.24. The molecule has 5 heteroatoms. The number of aliphatic hydroxyl groups is 2. The third kappa shape index (κ3) is 2.25. The molecule has 0 radical (unpaired) electrons. The lowest BCUT2D eigenvalue weighted by atomic mass is 10.1. The molecule has 0 aliphatic heterocycles. The van der Waals surface area contributed by atoms with Crippen LogP contribution in [0.2, 0.25) is 0 Å². The van der Waals surface area contributed by atoms with Crippen LogP contribution < -0.4 is 5.73 Å². The van der Waals surface area contributed by atoms with Crippen LogP contribution in [0.4, 0.5) is 4.39 Å². The third-order valence-corrected chi connectivity index (χ3v) is 1.97. The van der Waals surface area contributed by atoms with E-state index >= 15 is 0 Å². The number of nitrogens with zero attached hydrogens (tertiary/aromatic N) is 1. The van der Waals surface area contributed by atoms with Crippen LogP contribution in [0.5, 0.6) is 0 Å². The van der Waals surface area contributed by atoms with Gasteiger partial charge in [-0.25, -0.2) is 4.39 Å². The maximum atomic E-state index is 12.7. The molecule has 0 saturated heterocycles. The largest absolute Gasteiger partial charge is 0.389 e. The summed E-state index contributed by atoms with van der Waals surface area (Å²) >= 11 is 0. The van der Waals surface area contributed by atoms with Crippen molar-refractivity contribution in [1.29, 1.82) is 0 Å². The minimum Gasteiger partial charge on any atom is -0.389 e. The minimum atomic E-state index is -1.17. The van der Waals surface area contributed by atoms with Crippen molar-refractivity contribution in [2.75, 3.05) is 6.54 Å². The maximum Gasteiger partial charge on any atom is 0.141 e. The Morgan fingerprint density at radius 3 is 2.71 bits per heavy atom. The van der Waals surface area contributed by atoms with Gasteiger partial charge in [-0.15, -0.1) is 0 Å². The van der Waals surface area contributed by atoms with E-state index < -0.39 is 18.0 Å². The summed E-state index contributed by atoms with van der Waals surface area (Å²) in [6.07, 6.45) is -1.25. The van der Waals surface area contributed by atoms with Crippen molar-refractivity contribution >= 4 is 0 Å². The fourth-order valence-electron chi connectivity index (χ4n) is 1.17. The second-order valence-corrected chi connectivity index (χ2v) is 3.10. The van der Waals surface area contributed by atoms with E-state index in [1.165, 1.54) is 6.07 Å². The second-order valence-electron chi connectivity index (χ2n) is 3.10. The fourth-order valence-corrected chi connectivity index (χ4v) is 1.17. The maximum absolute atomic E-state index is 12.7. The molecule has 0 bridgehead atoms. The Hall–Kier alpha value is -1.04. The summed E-state index contributed by atoms with van der Waals surface area (Å²) < 4.78 is 12.7. The lowest BCUT2D eigenvalue weighted by Gasteiger charge is -2.16. The molecule has 0 fully saturated rings. The predicted molar refractivity (Wildman–Crippen MR) is 49.0 cm³/mol. The van der Waals surface area contributed by atoms with Crippen LogP contribution in [-0.4, -0.2) is 27.8 Å². The van der Waals surface area contributed by atoms with Crippen molar-refractivity contribution < 1.29 is 14.6 Å². The van der Waals surface area contributed by atoms with Crippen LogP contribution in [0.3, 0.4) is 0 Å². The summed E-state index contributed by atoms with van der Waals surface area (Å²) in [5, 5.41) is 18.8. The number of pyridine rings is 1. The number of halogens is 1. The molecule has 0 aliphatic rings. The average molecular weight is 200 g/mol. The van der Waals surface area contributed by atoms with Gasteiger partial charge in [-0.1, -0.05) is 0 Å². The standard InChI is InChI=1S/C9H13FN2O2/c1-5-2-6(10)4-12-8(5)9(14)7(13)3-11/h2,4,7,9,13-14H,3,11H2,1H3. The van der Waals surface area contributed by atoms with Gasteiger partial charge in [0.25, 0.3) is 0 Å². The monoisotopic (exact) mass is 200 g/mol. The molecule has 1 aromatic heterocycles. The van der Waals surface area contributed by atoms with Gasteiger partial charge in [0.2, 0.25) is 0 Å². The number of aromatic nitrogens is 1. The Balaban J connectivity index is 2.95. The average Bonchev–Trinajstić information content (AvgIpc) is 2.15. The van der Waals surface area contributed by atoms with Gasteiger partial charge < -0.3 is 15.9 Å². The van der Waals surface area contributed by atoms with Gasteiger partial charge in [-0.2, -0.15) is 0 Å². The van der Waals surface area contributed by atoms with Gasteiger partial charge in [-0.3, -0.25) is 4.98 Å². The number of aryl methyl sites for hydroxylation is 1. The molecule has 0 aromatic carbocycles. The van der Waals surface area contributed by atoms with Crippen molar-refractivity contribution in [3.63, 3.8) is 0 Å². The van der Waals surface area contributed by atoms with Gasteiger partial charge in [0.05, 0.1) is 18.0 Å². The van der Waals surface area contributed by atoms with E-state index in [-0.39, 0.29) is 12.2 Å². The van der Waals surface area contributed by atoms with Gasteiger partial charge in [-0.05, 0) is 18.6 Å². The first kappa shape index (κ1) is 11.0. The minimum absolute atomic E-state index is 0.0698. The smallest absolute Gasteiger partial charge is 0.141 e. The molecule has 1 aromatic rings. The summed E-state index contributed by atoms with van der Waals surface area (Å²) in [4.78, 5) is 3.71. The molecule has 0 amide bonds. The van der Waals surface area contributed by atoms with Gasteiger partial charge in [0, 0.05) is 6.54 Å². The number of hydrogen-bond acceptors (Lipinski definition) is 4. The van der Waals surface area contributed by atoms with E-state index in [0.29, 0.717) is 5.56 Å². The summed E-state index contributed by atoms with van der Waals surface area (Å²) in [6.45, 7) is 1.54. The second kappa shape index (κ2) is 4.45. The molecule has 0 aliphatic carbocycles. The van der Waals surface area contributed by atoms with Crippen LogP contribution in [0, 0.1) is 12.7 Å². The van der Waals surface area contributed by atoms with Crippen LogP contribution in [-0.2, 0) is 0 Å². The quantitative estimate of drug-likeness (QED) is 0.635. The molecule has 2 unspecified atom stereocenters. The van der Waals surface area contributed by atoms with Crippen LogP contribution >= 0.6 is 0 Å². The molecule has 4 N–H and O–H groups in total. The molecule has 1 heterocycles. The number of hydrogen-bond donors (Lipinski definition) is 3. The first-order valence-electron chi connectivity index (χ1n) is 4.24. The van der Waals surface area contributed by atoms with E-state index in [2.05, 4.69) is 4.98 Å². The first-order chi connectivity index (χ1) is 6.56. The van der Waals surface area contributed by atoms with Crippen molar-refractivity contribution in [2.45, 2.75) is 19.1 Å². The molecular formula is C9H13FN2O2. The van der Waals surface area contributed by atoms with Gasteiger partial charge in [0.15, 0.2) is 0 Å². The SMILES string of the molecule is Cc1cc(F)cnc1C(O)C(O)CN. The summed E-state index contributed by atoms with van der Waals surface area (Å²) in [6, 6.07) is 1.24. The Morgan fingerprint density at radius 2 is 2.21 bits per heavy atom. The molecule has 4 nitrogen and oxygen atoms in total. The fraction of sp³-hybridized carbons (Fsp3) is 0.444. The Kier molecular flexibility index (Phi) is 3.51. The lowest BCUT2D eigenvalue weighted by molar-refractivity contribution is 0.0212. The van der Waals surface area contributed by atoms with Crippen LogP contribution in [0.1, 0.15) is 17.4 Å². The van der Waals surface area contributed by atoms with Crippen molar-refractivity contribution in [3.05, 3.63) is 29.3 Å². The zero-order chi connectivity index (χ0) is 10.7. The number of aliphatic hydroxyl groups excluding tert-OH is 2.